The van der Waals surface area contributed by atoms with Crippen LogP contribution >= 0.6 is 0 Å². The fraction of sp³-hybridized carbons (Fsp3) is 0.143. The van der Waals surface area contributed by atoms with Gasteiger partial charge in [0.25, 0.3) is 0 Å². The van der Waals surface area contributed by atoms with Crippen molar-refractivity contribution in [3.05, 3.63) is 173 Å². The van der Waals surface area contributed by atoms with Crippen LogP contribution in [0, 0.1) is 26.7 Å². The summed E-state index contributed by atoms with van der Waals surface area (Å²) in [5.74, 6) is 0.466. The first kappa shape index (κ1) is 30.8. The van der Waals surface area contributed by atoms with Crippen LogP contribution in [-0.2, 0) is 0 Å². The van der Waals surface area contributed by atoms with Gasteiger partial charge in [-0.3, -0.25) is 0 Å². The highest BCUT2D eigenvalue weighted by Gasteiger charge is 2.20. The summed E-state index contributed by atoms with van der Waals surface area (Å²) in [6.07, 6.45) is 9.91. The molecule has 0 fully saturated rings. The number of hydrogen-bond acceptors (Lipinski definition) is 0. The van der Waals surface area contributed by atoms with Crippen LogP contribution in [0.15, 0.2) is 151 Å². The van der Waals surface area contributed by atoms with E-state index in [9.17, 15) is 0 Å². The van der Waals surface area contributed by atoms with E-state index in [1.807, 2.05) is 0 Å². The molecular weight excluding hydrogens is 589 g/mol. The van der Waals surface area contributed by atoms with E-state index in [0.717, 1.165) is 6.42 Å². The van der Waals surface area contributed by atoms with Gasteiger partial charge in [0.2, 0.25) is 0 Å². The third-order valence-corrected chi connectivity index (χ3v) is 10.6. The first-order valence-corrected chi connectivity index (χ1v) is 17.6. The number of benzene rings is 7. The van der Waals surface area contributed by atoms with E-state index in [-0.39, 0.29) is 0 Å². The first-order valence-electron chi connectivity index (χ1n) is 17.6. The third kappa shape index (κ3) is 5.33. The predicted octanol–water partition coefficient (Wildman–Crippen LogP) is 14.0. The molecule has 0 saturated carbocycles. The van der Waals surface area contributed by atoms with E-state index >= 15 is 0 Å². The summed E-state index contributed by atoms with van der Waals surface area (Å²) in [7, 11) is 0. The van der Waals surface area contributed by atoms with Gasteiger partial charge in [0.05, 0.1) is 0 Å². The summed E-state index contributed by atoms with van der Waals surface area (Å²) in [6, 6.07) is 45.7. The lowest BCUT2D eigenvalue weighted by Crippen LogP contribution is -2.01. The maximum atomic E-state index is 2.37. The Labute approximate surface area is 290 Å². The van der Waals surface area contributed by atoms with Crippen LogP contribution in [0.1, 0.15) is 42.5 Å². The number of hydrogen-bond donors (Lipinski definition) is 0. The second-order valence-corrected chi connectivity index (χ2v) is 13.9. The van der Waals surface area contributed by atoms with Gasteiger partial charge >= 0.3 is 0 Å². The molecule has 0 aliphatic heterocycles. The van der Waals surface area contributed by atoms with E-state index in [0.29, 0.717) is 5.92 Å². The van der Waals surface area contributed by atoms with Gasteiger partial charge in [-0.25, -0.2) is 0 Å². The van der Waals surface area contributed by atoms with E-state index in [2.05, 4.69) is 180 Å². The lowest BCUT2D eigenvalue weighted by atomic mass is 9.82. The third-order valence-electron chi connectivity index (χ3n) is 10.6. The standard InChI is InChI=1S/C49H42/c1-31-29-34(4)47(35(5)30-31)44-27-28-45(39-18-10-9-17-38(39)44)49-42-21-13-11-19-40(42)48(41-20-12-14-22-43(41)49)37-25-23-36(24-26-37)46-32(2)15-7-6-8-16-33(46)3/h6-15,17-30,33H,16H2,1-5H3/b8-6+,15-7-,46-32+. The molecule has 7 aromatic rings. The average Bonchev–Trinajstić information content (AvgIpc) is 3.10. The maximum absolute atomic E-state index is 2.37. The first-order chi connectivity index (χ1) is 23.9. The summed E-state index contributed by atoms with van der Waals surface area (Å²) in [6.45, 7) is 11.3. The summed E-state index contributed by atoms with van der Waals surface area (Å²) >= 11 is 0. The molecule has 1 atom stereocenters. The van der Waals surface area contributed by atoms with Crippen LogP contribution in [0.4, 0.5) is 0 Å². The Morgan fingerprint density at radius 3 is 1.49 bits per heavy atom. The van der Waals surface area contributed by atoms with Crippen molar-refractivity contribution < 1.29 is 0 Å². The molecule has 0 aromatic heterocycles. The Balaban J connectivity index is 1.36. The van der Waals surface area contributed by atoms with Crippen LogP contribution in [0.2, 0.25) is 0 Å². The molecule has 0 heterocycles. The minimum absolute atomic E-state index is 0.466. The molecule has 0 amide bonds. The van der Waals surface area contributed by atoms with Gasteiger partial charge in [-0.1, -0.05) is 158 Å². The van der Waals surface area contributed by atoms with Gasteiger partial charge in [-0.2, -0.15) is 0 Å². The highest BCUT2D eigenvalue weighted by molar-refractivity contribution is 6.24. The van der Waals surface area contributed by atoms with Crippen molar-refractivity contribution in [3.8, 4) is 33.4 Å². The monoisotopic (exact) mass is 630 g/mol. The van der Waals surface area contributed by atoms with E-state index in [4.69, 9.17) is 0 Å². The van der Waals surface area contributed by atoms with Crippen molar-refractivity contribution in [3.63, 3.8) is 0 Å². The fourth-order valence-electron chi connectivity index (χ4n) is 8.56. The lowest BCUT2D eigenvalue weighted by Gasteiger charge is -2.21. The maximum Gasteiger partial charge on any atom is -0.00201 e. The van der Waals surface area contributed by atoms with E-state index in [1.54, 1.807) is 0 Å². The summed E-state index contributed by atoms with van der Waals surface area (Å²) < 4.78 is 0. The summed E-state index contributed by atoms with van der Waals surface area (Å²) in [5, 5.41) is 7.71. The SMILES string of the molecule is CC1=C(\c2ccc(-c3c4ccccc4c(-c4ccc(-c5c(C)cc(C)cc5C)c5ccccc45)c4ccccc34)cc2)C(C)C/C=C/C=C\1. The van der Waals surface area contributed by atoms with Gasteiger partial charge in [0.15, 0.2) is 0 Å². The molecule has 8 rings (SSSR count). The summed E-state index contributed by atoms with van der Waals surface area (Å²) in [5.41, 5.74) is 15.8. The highest BCUT2D eigenvalue weighted by Crippen LogP contribution is 2.47. The van der Waals surface area contributed by atoms with Gasteiger partial charge in [0, 0.05) is 0 Å². The van der Waals surface area contributed by atoms with Crippen molar-refractivity contribution in [2.24, 2.45) is 5.92 Å². The zero-order valence-corrected chi connectivity index (χ0v) is 29.1. The van der Waals surface area contributed by atoms with Gasteiger partial charge in [-0.05, 0) is 134 Å². The van der Waals surface area contributed by atoms with Crippen LogP contribution in [0.5, 0.6) is 0 Å². The Morgan fingerprint density at radius 1 is 0.469 bits per heavy atom. The van der Waals surface area contributed by atoms with Gasteiger partial charge in [0.1, 0.15) is 0 Å². The van der Waals surface area contributed by atoms with Crippen LogP contribution in [0.25, 0.3) is 71.3 Å². The molecule has 0 spiro atoms. The zero-order valence-electron chi connectivity index (χ0n) is 29.1. The molecule has 0 heteroatoms. The topological polar surface area (TPSA) is 0 Å². The number of allylic oxidation sites excluding steroid dienone is 6. The molecule has 1 aliphatic rings. The molecular formula is C49H42. The van der Waals surface area contributed by atoms with Gasteiger partial charge < -0.3 is 0 Å². The number of aryl methyl sites for hydroxylation is 3. The second-order valence-electron chi connectivity index (χ2n) is 13.9. The molecule has 238 valence electrons. The van der Waals surface area contributed by atoms with Crippen molar-refractivity contribution in [1.82, 2.24) is 0 Å². The Morgan fingerprint density at radius 2 is 0.939 bits per heavy atom. The Hall–Kier alpha value is -5.46. The molecule has 0 radical (unpaired) electrons. The molecule has 0 N–H and O–H groups in total. The molecule has 1 unspecified atom stereocenters. The predicted molar refractivity (Wildman–Crippen MR) is 214 cm³/mol. The van der Waals surface area contributed by atoms with Crippen molar-refractivity contribution in [2.45, 2.75) is 41.0 Å². The largest absolute Gasteiger partial charge is 0.0839 e. The van der Waals surface area contributed by atoms with E-state index in [1.165, 1.54) is 99.1 Å². The highest BCUT2D eigenvalue weighted by atomic mass is 14.2. The molecule has 7 aromatic carbocycles. The number of fused-ring (bicyclic) bond motifs is 3. The Kier molecular flexibility index (Phi) is 7.89. The zero-order chi connectivity index (χ0) is 33.6. The van der Waals surface area contributed by atoms with Crippen LogP contribution < -0.4 is 0 Å². The Bertz CT molecular complexity index is 2420. The van der Waals surface area contributed by atoms with Crippen molar-refractivity contribution in [1.29, 1.82) is 0 Å². The van der Waals surface area contributed by atoms with Crippen molar-refractivity contribution in [2.75, 3.05) is 0 Å². The molecule has 0 nitrogen and oxygen atoms in total. The molecule has 1 aliphatic carbocycles. The summed E-state index contributed by atoms with van der Waals surface area (Å²) in [4.78, 5) is 0. The van der Waals surface area contributed by atoms with Crippen molar-refractivity contribution >= 4 is 37.9 Å². The van der Waals surface area contributed by atoms with E-state index < -0.39 is 0 Å². The minimum Gasteiger partial charge on any atom is -0.0839 e. The van der Waals surface area contributed by atoms with Gasteiger partial charge in [-0.15, -0.1) is 0 Å². The van der Waals surface area contributed by atoms with Crippen LogP contribution in [0.3, 0.4) is 0 Å². The smallest absolute Gasteiger partial charge is 0.00201 e. The normalized spacial score (nSPS) is 17.7. The lowest BCUT2D eigenvalue weighted by molar-refractivity contribution is 0.760. The molecule has 49 heavy (non-hydrogen) atoms. The van der Waals surface area contributed by atoms with Crippen LogP contribution in [-0.4, -0.2) is 0 Å². The number of rotatable bonds is 4. The molecule has 0 saturated heterocycles. The quantitative estimate of drug-likeness (QED) is 0.170. The average molecular weight is 631 g/mol. The fourth-order valence-corrected chi connectivity index (χ4v) is 8.56. The molecule has 0 bridgehead atoms. The second kappa shape index (κ2) is 12.5. The minimum atomic E-state index is 0.466.